The van der Waals surface area contributed by atoms with Crippen LogP contribution in [0.3, 0.4) is 0 Å². The van der Waals surface area contributed by atoms with Crippen LogP contribution in [0.15, 0.2) is 0 Å². The molecular formula is C13H21NO4. The Morgan fingerprint density at radius 2 is 1.22 bits per heavy atom. The minimum absolute atomic E-state index is 0.169. The Morgan fingerprint density at radius 3 is 1.67 bits per heavy atom. The van der Waals surface area contributed by atoms with E-state index in [4.69, 9.17) is 10.2 Å². The molecule has 2 N–H and O–H groups in total. The third-order valence-electron chi connectivity index (χ3n) is 4.44. The number of aliphatic carboxylic acids is 2. The first-order valence-corrected chi connectivity index (χ1v) is 6.77. The highest BCUT2D eigenvalue weighted by Gasteiger charge is 2.32. The zero-order valence-electron chi connectivity index (χ0n) is 10.5. The first-order valence-electron chi connectivity index (χ1n) is 6.77. The van der Waals surface area contributed by atoms with Crippen LogP contribution in [0.1, 0.15) is 38.5 Å². The Hall–Kier alpha value is -1.10. The van der Waals surface area contributed by atoms with Crippen molar-refractivity contribution >= 4 is 11.9 Å². The van der Waals surface area contributed by atoms with Gasteiger partial charge in [0.25, 0.3) is 0 Å². The molecule has 0 bridgehead atoms. The Kier molecular flexibility index (Phi) is 4.22. The predicted molar refractivity (Wildman–Crippen MR) is 65.3 cm³/mol. The number of hydrogen-bond acceptors (Lipinski definition) is 3. The fraction of sp³-hybridized carbons (Fsp3) is 0.846. The molecule has 0 spiro atoms. The molecule has 2 rings (SSSR count). The number of carboxylic acid groups (broad SMARTS) is 2. The van der Waals surface area contributed by atoms with Crippen molar-refractivity contribution in [2.45, 2.75) is 44.6 Å². The third-order valence-corrected chi connectivity index (χ3v) is 4.44. The summed E-state index contributed by atoms with van der Waals surface area (Å²) in [6, 6.07) is 0.468. The van der Waals surface area contributed by atoms with Gasteiger partial charge in [-0.2, -0.15) is 0 Å². The van der Waals surface area contributed by atoms with Crippen molar-refractivity contribution in [3.63, 3.8) is 0 Å². The molecule has 2 aliphatic rings. The van der Waals surface area contributed by atoms with Gasteiger partial charge in [-0.05, 0) is 51.6 Å². The van der Waals surface area contributed by atoms with Gasteiger partial charge in [-0.25, -0.2) is 0 Å². The normalized spacial score (nSPS) is 31.1. The van der Waals surface area contributed by atoms with Crippen molar-refractivity contribution in [3.05, 3.63) is 0 Å². The van der Waals surface area contributed by atoms with E-state index in [-0.39, 0.29) is 11.8 Å². The van der Waals surface area contributed by atoms with Crippen LogP contribution >= 0.6 is 0 Å². The molecule has 0 radical (unpaired) electrons. The fourth-order valence-electron chi connectivity index (χ4n) is 3.20. The summed E-state index contributed by atoms with van der Waals surface area (Å²) in [5, 5.41) is 17.9. The highest BCUT2D eigenvalue weighted by atomic mass is 16.4. The number of carbonyl (C=O) groups is 2. The summed E-state index contributed by atoms with van der Waals surface area (Å²) in [5.74, 6) is -1.70. The molecule has 1 aliphatic carbocycles. The van der Waals surface area contributed by atoms with E-state index >= 15 is 0 Å². The highest BCUT2D eigenvalue weighted by Crippen LogP contribution is 2.30. The summed E-state index contributed by atoms with van der Waals surface area (Å²) in [6.07, 6.45) is 4.86. The van der Waals surface area contributed by atoms with E-state index in [1.165, 1.54) is 0 Å². The Bertz CT molecular complexity index is 283. The molecule has 0 amide bonds. The molecule has 1 aliphatic heterocycles. The van der Waals surface area contributed by atoms with Gasteiger partial charge in [0.1, 0.15) is 0 Å². The number of carboxylic acids is 2. The summed E-state index contributed by atoms with van der Waals surface area (Å²) in [5.41, 5.74) is 0. The monoisotopic (exact) mass is 255 g/mol. The number of nitrogens with zero attached hydrogens (tertiary/aromatic N) is 1. The quantitative estimate of drug-likeness (QED) is 0.797. The van der Waals surface area contributed by atoms with E-state index in [9.17, 15) is 9.59 Å². The van der Waals surface area contributed by atoms with Gasteiger partial charge < -0.3 is 15.1 Å². The molecule has 1 heterocycles. The minimum Gasteiger partial charge on any atom is -0.481 e. The van der Waals surface area contributed by atoms with Crippen molar-refractivity contribution in [2.75, 3.05) is 13.1 Å². The highest BCUT2D eigenvalue weighted by molar-refractivity contribution is 5.70. The molecule has 0 aromatic rings. The summed E-state index contributed by atoms with van der Waals surface area (Å²) >= 11 is 0. The van der Waals surface area contributed by atoms with Gasteiger partial charge >= 0.3 is 11.9 Å². The van der Waals surface area contributed by atoms with Gasteiger partial charge in [0.15, 0.2) is 0 Å². The smallest absolute Gasteiger partial charge is 0.306 e. The van der Waals surface area contributed by atoms with Crippen molar-refractivity contribution in [2.24, 2.45) is 11.8 Å². The van der Waals surface area contributed by atoms with E-state index < -0.39 is 11.9 Å². The average molecular weight is 255 g/mol. The van der Waals surface area contributed by atoms with Crippen LogP contribution in [0.2, 0.25) is 0 Å². The van der Waals surface area contributed by atoms with Crippen LogP contribution in [0.4, 0.5) is 0 Å². The molecule has 2 fully saturated rings. The first-order chi connectivity index (χ1) is 8.58. The Morgan fingerprint density at radius 1 is 0.778 bits per heavy atom. The van der Waals surface area contributed by atoms with Crippen LogP contribution in [-0.2, 0) is 9.59 Å². The summed E-state index contributed by atoms with van der Waals surface area (Å²) in [7, 11) is 0. The van der Waals surface area contributed by atoms with E-state index in [0.717, 1.165) is 51.6 Å². The molecule has 1 saturated heterocycles. The second-order valence-electron chi connectivity index (χ2n) is 5.49. The van der Waals surface area contributed by atoms with Crippen LogP contribution in [0, 0.1) is 11.8 Å². The van der Waals surface area contributed by atoms with Gasteiger partial charge in [-0.3, -0.25) is 9.59 Å². The fourth-order valence-corrected chi connectivity index (χ4v) is 3.20. The Labute approximate surface area is 107 Å². The zero-order valence-corrected chi connectivity index (χ0v) is 10.5. The largest absolute Gasteiger partial charge is 0.481 e. The number of rotatable bonds is 3. The maximum atomic E-state index is 10.9. The van der Waals surface area contributed by atoms with E-state index in [0.29, 0.717) is 6.04 Å². The van der Waals surface area contributed by atoms with Crippen LogP contribution in [0.25, 0.3) is 0 Å². The standard InChI is InChI=1S/C13H21NO4/c15-12(16)9-1-3-11(4-2-9)14-7-5-10(6-8-14)13(17)18/h9-11H,1-8H2,(H,15,16)(H,17,18). The lowest BCUT2D eigenvalue weighted by Gasteiger charge is -2.39. The molecule has 0 unspecified atom stereocenters. The third kappa shape index (κ3) is 3.02. The number of piperidine rings is 1. The first kappa shape index (κ1) is 13.3. The van der Waals surface area contributed by atoms with Crippen molar-refractivity contribution in [1.29, 1.82) is 0 Å². The Balaban J connectivity index is 1.78. The lowest BCUT2D eigenvalue weighted by molar-refractivity contribution is -0.145. The second kappa shape index (κ2) is 5.69. The SMILES string of the molecule is O=C(O)C1CCC(N2CCC(C(=O)O)CC2)CC1. The second-order valence-corrected chi connectivity index (χ2v) is 5.49. The van der Waals surface area contributed by atoms with Gasteiger partial charge in [-0.15, -0.1) is 0 Å². The predicted octanol–water partition coefficient (Wildman–Crippen LogP) is 1.43. The van der Waals surface area contributed by atoms with Crippen LogP contribution in [0.5, 0.6) is 0 Å². The average Bonchev–Trinajstić information content (AvgIpc) is 2.39. The van der Waals surface area contributed by atoms with Gasteiger partial charge in [0, 0.05) is 6.04 Å². The molecule has 102 valence electrons. The number of likely N-dealkylation sites (tertiary alicyclic amines) is 1. The van der Waals surface area contributed by atoms with Gasteiger partial charge in [0.2, 0.25) is 0 Å². The van der Waals surface area contributed by atoms with Crippen molar-refractivity contribution in [1.82, 2.24) is 4.90 Å². The topological polar surface area (TPSA) is 77.8 Å². The summed E-state index contributed by atoms with van der Waals surface area (Å²) in [6.45, 7) is 1.69. The molecule has 5 heteroatoms. The van der Waals surface area contributed by atoms with Crippen LogP contribution in [-0.4, -0.2) is 46.2 Å². The van der Waals surface area contributed by atoms with E-state index in [2.05, 4.69) is 4.90 Å². The van der Waals surface area contributed by atoms with Crippen molar-refractivity contribution < 1.29 is 19.8 Å². The molecular weight excluding hydrogens is 234 g/mol. The molecule has 0 aromatic heterocycles. The minimum atomic E-state index is -0.677. The maximum absolute atomic E-state index is 10.9. The van der Waals surface area contributed by atoms with Crippen molar-refractivity contribution in [3.8, 4) is 0 Å². The molecule has 0 atom stereocenters. The summed E-state index contributed by atoms with van der Waals surface area (Å²) < 4.78 is 0. The molecule has 1 saturated carbocycles. The maximum Gasteiger partial charge on any atom is 0.306 e. The van der Waals surface area contributed by atoms with Crippen LogP contribution < -0.4 is 0 Å². The van der Waals surface area contributed by atoms with Gasteiger partial charge in [0.05, 0.1) is 11.8 Å². The molecule has 0 aromatic carbocycles. The lowest BCUT2D eigenvalue weighted by atomic mass is 9.84. The molecule has 5 nitrogen and oxygen atoms in total. The molecule has 18 heavy (non-hydrogen) atoms. The summed E-state index contributed by atoms with van der Waals surface area (Å²) in [4.78, 5) is 24.1. The number of hydrogen-bond donors (Lipinski definition) is 2. The van der Waals surface area contributed by atoms with Gasteiger partial charge in [-0.1, -0.05) is 0 Å². The van der Waals surface area contributed by atoms with E-state index in [1.807, 2.05) is 0 Å². The van der Waals surface area contributed by atoms with E-state index in [1.54, 1.807) is 0 Å². The lowest BCUT2D eigenvalue weighted by Crippen LogP contribution is -2.44. The zero-order chi connectivity index (χ0) is 13.1.